The fourth-order valence-corrected chi connectivity index (χ4v) is 3.08. The van der Waals surface area contributed by atoms with Crippen LogP contribution in [0.3, 0.4) is 0 Å². The molecule has 1 fully saturated rings. The zero-order valence-electron chi connectivity index (χ0n) is 11.5. The maximum Gasteiger partial charge on any atom is 0.339 e. The van der Waals surface area contributed by atoms with Crippen molar-refractivity contribution in [3.05, 3.63) is 23.8 Å². The number of imide groups is 1. The summed E-state index contributed by atoms with van der Waals surface area (Å²) in [4.78, 5) is 35.1. The van der Waals surface area contributed by atoms with Gasteiger partial charge in [0.2, 0.25) is 11.8 Å². The van der Waals surface area contributed by atoms with E-state index in [1.54, 1.807) is 18.2 Å². The SMILES string of the molecule is COC(=O)c1cc(SCC2CCC(=O)NC2=O)ccc1N. The van der Waals surface area contributed by atoms with Crippen molar-refractivity contribution >= 4 is 35.2 Å². The molecular formula is C14H16N2O4S. The summed E-state index contributed by atoms with van der Waals surface area (Å²) in [6, 6.07) is 5.08. The van der Waals surface area contributed by atoms with Crippen LogP contribution >= 0.6 is 11.8 Å². The Morgan fingerprint density at radius 3 is 2.90 bits per heavy atom. The van der Waals surface area contributed by atoms with Gasteiger partial charge in [-0.3, -0.25) is 14.9 Å². The third-order valence-electron chi connectivity index (χ3n) is 3.23. The van der Waals surface area contributed by atoms with E-state index < -0.39 is 5.97 Å². The summed E-state index contributed by atoms with van der Waals surface area (Å²) < 4.78 is 4.67. The van der Waals surface area contributed by atoms with Gasteiger partial charge in [0.25, 0.3) is 0 Å². The van der Waals surface area contributed by atoms with Crippen LogP contribution in [0.5, 0.6) is 0 Å². The van der Waals surface area contributed by atoms with Crippen molar-refractivity contribution in [2.45, 2.75) is 17.7 Å². The van der Waals surface area contributed by atoms with Gasteiger partial charge in [-0.15, -0.1) is 11.8 Å². The van der Waals surface area contributed by atoms with E-state index in [1.165, 1.54) is 18.9 Å². The molecule has 0 saturated carbocycles. The zero-order chi connectivity index (χ0) is 15.4. The molecule has 1 unspecified atom stereocenters. The number of hydrogen-bond donors (Lipinski definition) is 2. The van der Waals surface area contributed by atoms with Gasteiger partial charge in [0.15, 0.2) is 0 Å². The molecule has 0 bridgehead atoms. The van der Waals surface area contributed by atoms with E-state index in [9.17, 15) is 14.4 Å². The number of hydrogen-bond acceptors (Lipinski definition) is 6. The summed E-state index contributed by atoms with van der Waals surface area (Å²) in [5.41, 5.74) is 6.40. The number of nitrogen functional groups attached to an aromatic ring is 1. The molecule has 1 aliphatic heterocycles. The number of nitrogens with two attached hydrogens (primary N) is 1. The second-order valence-corrected chi connectivity index (χ2v) is 5.79. The van der Waals surface area contributed by atoms with Gasteiger partial charge in [0.05, 0.1) is 12.7 Å². The van der Waals surface area contributed by atoms with Crippen LogP contribution in [-0.2, 0) is 14.3 Å². The second-order valence-electron chi connectivity index (χ2n) is 4.70. The Morgan fingerprint density at radius 2 is 2.24 bits per heavy atom. The van der Waals surface area contributed by atoms with Gasteiger partial charge >= 0.3 is 5.97 Å². The van der Waals surface area contributed by atoms with Crippen LogP contribution in [0.1, 0.15) is 23.2 Å². The van der Waals surface area contributed by atoms with E-state index in [-0.39, 0.29) is 17.7 Å². The molecule has 1 aromatic carbocycles. The molecule has 6 nitrogen and oxygen atoms in total. The highest BCUT2D eigenvalue weighted by Gasteiger charge is 2.26. The predicted molar refractivity (Wildman–Crippen MR) is 78.8 cm³/mol. The van der Waals surface area contributed by atoms with Crippen molar-refractivity contribution in [2.75, 3.05) is 18.6 Å². The number of benzene rings is 1. The average Bonchev–Trinajstić information content (AvgIpc) is 2.47. The number of carbonyl (C=O) groups is 3. The highest BCUT2D eigenvalue weighted by molar-refractivity contribution is 7.99. The van der Waals surface area contributed by atoms with Crippen LogP contribution < -0.4 is 11.1 Å². The van der Waals surface area contributed by atoms with Crippen LogP contribution in [-0.4, -0.2) is 30.6 Å². The van der Waals surface area contributed by atoms with Crippen molar-refractivity contribution in [3.63, 3.8) is 0 Å². The highest BCUT2D eigenvalue weighted by atomic mass is 32.2. The minimum Gasteiger partial charge on any atom is -0.465 e. The van der Waals surface area contributed by atoms with Crippen molar-refractivity contribution < 1.29 is 19.1 Å². The topological polar surface area (TPSA) is 98.5 Å². The normalized spacial score (nSPS) is 18.2. The molecule has 2 amide bonds. The third kappa shape index (κ3) is 3.75. The Hall–Kier alpha value is -2.02. The summed E-state index contributed by atoms with van der Waals surface area (Å²) >= 11 is 1.45. The van der Waals surface area contributed by atoms with Crippen LogP contribution in [0.25, 0.3) is 0 Å². The standard InChI is InChI=1S/C14H16N2O4S/c1-20-14(19)10-6-9(3-4-11(10)15)21-7-8-2-5-12(17)16-13(8)18/h3-4,6,8H,2,5,7,15H2,1H3,(H,16,17,18). The van der Waals surface area contributed by atoms with E-state index in [1.807, 2.05) is 0 Å². The van der Waals surface area contributed by atoms with Gasteiger partial charge in [-0.25, -0.2) is 4.79 Å². The van der Waals surface area contributed by atoms with Gasteiger partial charge in [-0.05, 0) is 24.6 Å². The summed E-state index contributed by atoms with van der Waals surface area (Å²) in [5, 5.41) is 2.33. The molecule has 3 N–H and O–H groups in total. The largest absolute Gasteiger partial charge is 0.465 e. The lowest BCUT2D eigenvalue weighted by Crippen LogP contribution is -2.41. The Bertz CT molecular complexity index is 588. The van der Waals surface area contributed by atoms with Gasteiger partial charge in [0.1, 0.15) is 0 Å². The Kier molecular flexibility index (Phi) is 4.85. The highest BCUT2D eigenvalue weighted by Crippen LogP contribution is 2.27. The monoisotopic (exact) mass is 308 g/mol. The third-order valence-corrected chi connectivity index (χ3v) is 4.39. The molecule has 0 aromatic heterocycles. The lowest BCUT2D eigenvalue weighted by Gasteiger charge is -2.20. The first-order chi connectivity index (χ1) is 10.0. The van der Waals surface area contributed by atoms with Crippen LogP contribution in [0, 0.1) is 5.92 Å². The number of methoxy groups -OCH3 is 1. The Morgan fingerprint density at radius 1 is 1.48 bits per heavy atom. The average molecular weight is 308 g/mol. The van der Waals surface area contributed by atoms with Crippen molar-refractivity contribution in [3.8, 4) is 0 Å². The van der Waals surface area contributed by atoms with Crippen molar-refractivity contribution in [2.24, 2.45) is 5.92 Å². The maximum absolute atomic E-state index is 11.7. The molecule has 112 valence electrons. The van der Waals surface area contributed by atoms with Crippen LogP contribution in [0.4, 0.5) is 5.69 Å². The molecule has 7 heteroatoms. The Labute approximate surface area is 126 Å². The van der Waals surface area contributed by atoms with E-state index in [2.05, 4.69) is 10.1 Å². The minimum atomic E-state index is -0.490. The van der Waals surface area contributed by atoms with Crippen molar-refractivity contribution in [1.29, 1.82) is 0 Å². The molecule has 0 spiro atoms. The summed E-state index contributed by atoms with van der Waals surface area (Å²) in [5.74, 6) is -0.601. The number of anilines is 1. The van der Waals surface area contributed by atoms with Crippen LogP contribution in [0.2, 0.25) is 0 Å². The fraction of sp³-hybridized carbons (Fsp3) is 0.357. The molecule has 1 atom stereocenters. The predicted octanol–water partition coefficient (Wildman–Crippen LogP) is 1.20. The first-order valence-electron chi connectivity index (χ1n) is 6.45. The zero-order valence-corrected chi connectivity index (χ0v) is 12.4. The van der Waals surface area contributed by atoms with E-state index in [0.29, 0.717) is 29.8 Å². The molecule has 2 rings (SSSR count). The van der Waals surface area contributed by atoms with E-state index >= 15 is 0 Å². The second kappa shape index (κ2) is 6.62. The first kappa shape index (κ1) is 15.4. The van der Waals surface area contributed by atoms with E-state index in [0.717, 1.165) is 4.90 Å². The molecule has 1 heterocycles. The number of thioether (sulfide) groups is 1. The molecular weight excluding hydrogens is 292 g/mol. The molecule has 0 aliphatic carbocycles. The Balaban J connectivity index is 2.02. The minimum absolute atomic E-state index is 0.202. The molecule has 1 aliphatic rings. The van der Waals surface area contributed by atoms with Gasteiger partial charge in [-0.1, -0.05) is 0 Å². The number of piperidine rings is 1. The number of amides is 2. The quantitative estimate of drug-likeness (QED) is 0.375. The summed E-state index contributed by atoms with van der Waals surface area (Å²) in [7, 11) is 1.30. The van der Waals surface area contributed by atoms with Crippen LogP contribution in [0.15, 0.2) is 23.1 Å². The fourth-order valence-electron chi connectivity index (χ4n) is 2.01. The molecule has 21 heavy (non-hydrogen) atoms. The number of esters is 1. The number of ether oxygens (including phenoxy) is 1. The molecule has 1 aromatic rings. The van der Waals surface area contributed by atoms with Gasteiger partial charge in [0, 0.05) is 28.7 Å². The summed E-state index contributed by atoms with van der Waals surface area (Å²) in [6.07, 6.45) is 0.919. The molecule has 0 radical (unpaired) electrons. The number of rotatable bonds is 4. The lowest BCUT2D eigenvalue weighted by molar-refractivity contribution is -0.135. The maximum atomic E-state index is 11.7. The number of carbonyl (C=O) groups excluding carboxylic acids is 3. The lowest BCUT2D eigenvalue weighted by atomic mass is 10.0. The molecule has 1 saturated heterocycles. The first-order valence-corrected chi connectivity index (χ1v) is 7.44. The van der Waals surface area contributed by atoms with E-state index in [4.69, 9.17) is 5.73 Å². The summed E-state index contributed by atoms with van der Waals surface area (Å²) in [6.45, 7) is 0. The van der Waals surface area contributed by atoms with Gasteiger partial charge < -0.3 is 10.5 Å². The van der Waals surface area contributed by atoms with Gasteiger partial charge in [-0.2, -0.15) is 0 Å². The van der Waals surface area contributed by atoms with Crippen molar-refractivity contribution in [1.82, 2.24) is 5.32 Å². The number of nitrogens with one attached hydrogen (secondary N) is 1. The smallest absolute Gasteiger partial charge is 0.339 e.